The highest BCUT2D eigenvalue weighted by molar-refractivity contribution is 5.94. The summed E-state index contributed by atoms with van der Waals surface area (Å²) in [6.07, 6.45) is 1.73. The van der Waals surface area contributed by atoms with E-state index in [1.807, 2.05) is 0 Å². The zero-order valence-electron chi connectivity index (χ0n) is 11.4. The van der Waals surface area contributed by atoms with Crippen LogP contribution in [0.3, 0.4) is 0 Å². The molecule has 1 aromatic carbocycles. The minimum absolute atomic E-state index is 0.00625. The molecule has 1 fully saturated rings. The average molecular weight is 279 g/mol. The molecule has 2 rings (SSSR count). The Kier molecular flexibility index (Phi) is 4.37. The monoisotopic (exact) mass is 279 g/mol. The summed E-state index contributed by atoms with van der Waals surface area (Å²) < 4.78 is 13.2. The fourth-order valence-corrected chi connectivity index (χ4v) is 2.62. The molecule has 4 nitrogen and oxygen atoms in total. The first kappa shape index (κ1) is 14.5. The number of carboxylic acid groups (broad SMARTS) is 1. The lowest BCUT2D eigenvalue weighted by Crippen LogP contribution is -2.40. The molecule has 0 aliphatic carbocycles. The molecule has 1 N–H and O–H groups in total. The van der Waals surface area contributed by atoms with Gasteiger partial charge in [0.2, 0.25) is 0 Å². The Morgan fingerprint density at radius 3 is 2.85 bits per heavy atom. The summed E-state index contributed by atoms with van der Waals surface area (Å²) in [5.41, 5.74) is 0.898. The second kappa shape index (κ2) is 6.03. The van der Waals surface area contributed by atoms with Gasteiger partial charge in [-0.1, -0.05) is 0 Å². The Balaban J connectivity index is 2.08. The van der Waals surface area contributed by atoms with Gasteiger partial charge in [-0.25, -0.2) is 4.39 Å². The van der Waals surface area contributed by atoms with Crippen LogP contribution in [0.15, 0.2) is 18.2 Å². The molecule has 20 heavy (non-hydrogen) atoms. The molecule has 0 spiro atoms. The number of piperidine rings is 1. The van der Waals surface area contributed by atoms with Crippen molar-refractivity contribution in [3.05, 3.63) is 35.1 Å². The number of hydrogen-bond donors (Lipinski definition) is 1. The van der Waals surface area contributed by atoms with E-state index in [9.17, 15) is 14.0 Å². The van der Waals surface area contributed by atoms with E-state index in [2.05, 4.69) is 0 Å². The van der Waals surface area contributed by atoms with Crippen molar-refractivity contribution >= 4 is 11.9 Å². The van der Waals surface area contributed by atoms with Crippen LogP contribution in [-0.4, -0.2) is 35.0 Å². The smallest absolute Gasteiger partial charge is 0.303 e. The highest BCUT2D eigenvalue weighted by atomic mass is 19.1. The fraction of sp³-hybridized carbons (Fsp3) is 0.467. The van der Waals surface area contributed by atoms with E-state index in [4.69, 9.17) is 5.11 Å². The molecule has 1 atom stereocenters. The number of nitrogens with zero attached hydrogens (tertiary/aromatic N) is 1. The van der Waals surface area contributed by atoms with Crippen molar-refractivity contribution in [3.8, 4) is 0 Å². The van der Waals surface area contributed by atoms with Crippen LogP contribution in [-0.2, 0) is 4.79 Å². The Hall–Kier alpha value is -1.91. The Bertz CT molecular complexity index is 530. The number of halogens is 1. The molecule has 1 aromatic rings. The van der Waals surface area contributed by atoms with Crippen LogP contribution in [0.2, 0.25) is 0 Å². The van der Waals surface area contributed by atoms with Crippen molar-refractivity contribution in [3.63, 3.8) is 0 Å². The molecule has 0 aromatic heterocycles. The first-order valence-electron chi connectivity index (χ1n) is 6.74. The number of carbonyl (C=O) groups excluding carboxylic acids is 1. The van der Waals surface area contributed by atoms with Gasteiger partial charge in [0.25, 0.3) is 5.91 Å². The van der Waals surface area contributed by atoms with Crippen LogP contribution in [0.5, 0.6) is 0 Å². The number of hydrogen-bond acceptors (Lipinski definition) is 2. The molecule has 1 saturated heterocycles. The summed E-state index contributed by atoms with van der Waals surface area (Å²) in [6.45, 7) is 2.71. The number of likely N-dealkylation sites (tertiary alicyclic amines) is 1. The minimum Gasteiger partial charge on any atom is -0.481 e. The molecular formula is C15H18FNO3. The van der Waals surface area contributed by atoms with Crippen molar-refractivity contribution in [2.24, 2.45) is 5.92 Å². The molecule has 0 saturated carbocycles. The highest BCUT2D eigenvalue weighted by Gasteiger charge is 2.26. The molecular weight excluding hydrogens is 261 g/mol. The maximum absolute atomic E-state index is 13.2. The Morgan fingerprint density at radius 1 is 1.45 bits per heavy atom. The third-order valence-electron chi connectivity index (χ3n) is 3.67. The van der Waals surface area contributed by atoms with Gasteiger partial charge in [-0.3, -0.25) is 9.59 Å². The zero-order chi connectivity index (χ0) is 14.7. The topological polar surface area (TPSA) is 57.6 Å². The second-order valence-electron chi connectivity index (χ2n) is 5.32. The number of carbonyl (C=O) groups is 2. The maximum atomic E-state index is 13.2. The van der Waals surface area contributed by atoms with E-state index < -0.39 is 5.97 Å². The lowest BCUT2D eigenvalue weighted by molar-refractivity contribution is -0.138. The van der Waals surface area contributed by atoms with Gasteiger partial charge in [0.05, 0.1) is 0 Å². The van der Waals surface area contributed by atoms with Gasteiger partial charge in [0.1, 0.15) is 5.82 Å². The number of benzene rings is 1. The second-order valence-corrected chi connectivity index (χ2v) is 5.32. The van der Waals surface area contributed by atoms with Gasteiger partial charge in [-0.05, 0) is 49.4 Å². The van der Waals surface area contributed by atoms with Crippen molar-refractivity contribution in [1.29, 1.82) is 0 Å². The summed E-state index contributed by atoms with van der Waals surface area (Å²) >= 11 is 0. The summed E-state index contributed by atoms with van der Waals surface area (Å²) in [5.74, 6) is -1.30. The number of amides is 1. The third kappa shape index (κ3) is 3.35. The van der Waals surface area contributed by atoms with Crippen LogP contribution in [0.1, 0.15) is 35.2 Å². The van der Waals surface area contributed by atoms with Crippen molar-refractivity contribution in [2.75, 3.05) is 13.1 Å². The van der Waals surface area contributed by atoms with Gasteiger partial charge in [-0.2, -0.15) is 0 Å². The maximum Gasteiger partial charge on any atom is 0.303 e. The van der Waals surface area contributed by atoms with Gasteiger partial charge in [-0.15, -0.1) is 0 Å². The van der Waals surface area contributed by atoms with Gasteiger partial charge >= 0.3 is 5.97 Å². The van der Waals surface area contributed by atoms with Crippen molar-refractivity contribution in [2.45, 2.75) is 26.2 Å². The van der Waals surface area contributed by atoms with E-state index in [0.717, 1.165) is 12.8 Å². The fourth-order valence-electron chi connectivity index (χ4n) is 2.62. The Labute approximate surface area is 117 Å². The van der Waals surface area contributed by atoms with Crippen molar-refractivity contribution < 1.29 is 19.1 Å². The summed E-state index contributed by atoms with van der Waals surface area (Å²) in [5, 5.41) is 8.83. The largest absolute Gasteiger partial charge is 0.481 e. The van der Waals surface area contributed by atoms with Gasteiger partial charge < -0.3 is 10.0 Å². The summed E-state index contributed by atoms with van der Waals surface area (Å²) in [6, 6.07) is 4.31. The molecule has 1 aliphatic rings. The van der Waals surface area contributed by atoms with Gasteiger partial charge in [0, 0.05) is 25.1 Å². The SMILES string of the molecule is Cc1cc(C(=O)N2CCCC(CC(=O)O)C2)ccc1F. The molecule has 5 heteroatoms. The molecule has 0 bridgehead atoms. The van der Waals surface area contributed by atoms with Crippen LogP contribution in [0.4, 0.5) is 4.39 Å². The van der Waals surface area contributed by atoms with Crippen LogP contribution in [0, 0.1) is 18.7 Å². The first-order valence-corrected chi connectivity index (χ1v) is 6.74. The van der Waals surface area contributed by atoms with E-state index >= 15 is 0 Å². The summed E-state index contributed by atoms with van der Waals surface area (Å²) in [4.78, 5) is 24.8. The van der Waals surface area contributed by atoms with Crippen LogP contribution >= 0.6 is 0 Å². The van der Waals surface area contributed by atoms with E-state index in [1.165, 1.54) is 12.1 Å². The van der Waals surface area contributed by atoms with Gasteiger partial charge in [0.15, 0.2) is 0 Å². The lowest BCUT2D eigenvalue weighted by atomic mass is 9.94. The predicted molar refractivity (Wildman–Crippen MR) is 72.0 cm³/mol. The highest BCUT2D eigenvalue weighted by Crippen LogP contribution is 2.22. The molecule has 108 valence electrons. The zero-order valence-corrected chi connectivity index (χ0v) is 11.4. The lowest BCUT2D eigenvalue weighted by Gasteiger charge is -2.32. The molecule has 1 heterocycles. The summed E-state index contributed by atoms with van der Waals surface area (Å²) in [7, 11) is 0. The molecule has 1 unspecified atom stereocenters. The minimum atomic E-state index is -0.832. The molecule has 1 aliphatic heterocycles. The van der Waals surface area contributed by atoms with E-state index in [1.54, 1.807) is 17.9 Å². The number of aliphatic carboxylic acids is 1. The Morgan fingerprint density at radius 2 is 2.20 bits per heavy atom. The third-order valence-corrected chi connectivity index (χ3v) is 3.67. The molecule has 0 radical (unpaired) electrons. The van der Waals surface area contributed by atoms with Crippen molar-refractivity contribution in [1.82, 2.24) is 4.90 Å². The number of carboxylic acids is 1. The van der Waals surface area contributed by atoms with Crippen LogP contribution < -0.4 is 0 Å². The number of rotatable bonds is 3. The van der Waals surface area contributed by atoms with E-state index in [-0.39, 0.29) is 24.1 Å². The molecule has 1 amide bonds. The predicted octanol–water partition coefficient (Wildman–Crippen LogP) is 2.46. The normalized spacial score (nSPS) is 18.9. The number of aryl methyl sites for hydroxylation is 1. The quantitative estimate of drug-likeness (QED) is 0.924. The van der Waals surface area contributed by atoms with Crippen LogP contribution in [0.25, 0.3) is 0 Å². The average Bonchev–Trinajstić information content (AvgIpc) is 2.40. The van der Waals surface area contributed by atoms with E-state index in [0.29, 0.717) is 24.2 Å². The first-order chi connectivity index (χ1) is 9.47. The standard InChI is InChI=1S/C15H18FNO3/c1-10-7-12(4-5-13(10)16)15(20)17-6-2-3-11(9-17)8-14(18)19/h4-5,7,11H,2-3,6,8-9H2,1H3,(H,18,19).